The van der Waals surface area contributed by atoms with Gasteiger partial charge in [-0.15, -0.1) is 0 Å². The van der Waals surface area contributed by atoms with Gasteiger partial charge in [0.15, 0.2) is 11.5 Å². The number of benzene rings is 3. The van der Waals surface area contributed by atoms with Gasteiger partial charge in [0.25, 0.3) is 0 Å². The molecule has 0 saturated carbocycles. The molecule has 0 radical (unpaired) electrons. The molecule has 3 aromatic carbocycles. The fraction of sp³-hybridized carbons (Fsp3) is 0.136. The van der Waals surface area contributed by atoms with Crippen LogP contribution in [0.5, 0.6) is 11.5 Å². The third kappa shape index (κ3) is 5.09. The van der Waals surface area contributed by atoms with E-state index >= 15 is 0 Å². The molecule has 27 heavy (non-hydrogen) atoms. The molecule has 3 rings (SSSR count). The molecule has 0 spiro atoms. The average Bonchev–Trinajstić information content (AvgIpc) is 2.72. The van der Waals surface area contributed by atoms with Crippen LogP contribution in [0, 0.1) is 0 Å². The first kappa shape index (κ1) is 18.5. The lowest BCUT2D eigenvalue weighted by molar-refractivity contribution is -0.138. The molecule has 0 aromatic heterocycles. The normalized spacial score (nSPS) is 11.6. The highest BCUT2D eigenvalue weighted by atomic mass is 16.5. The van der Waals surface area contributed by atoms with Crippen LogP contribution in [0.3, 0.4) is 0 Å². The van der Waals surface area contributed by atoms with E-state index in [0.717, 1.165) is 11.1 Å². The minimum absolute atomic E-state index is 0.342. The van der Waals surface area contributed by atoms with Gasteiger partial charge in [0.1, 0.15) is 19.3 Å². The summed E-state index contributed by atoms with van der Waals surface area (Å²) in [6.07, 6.45) is 0. The zero-order valence-electron chi connectivity index (χ0n) is 14.7. The Morgan fingerprint density at radius 1 is 0.815 bits per heavy atom. The van der Waals surface area contributed by atoms with E-state index in [1.165, 1.54) is 0 Å². The zero-order valence-corrected chi connectivity index (χ0v) is 14.7. The van der Waals surface area contributed by atoms with Crippen molar-refractivity contribution in [2.24, 2.45) is 5.73 Å². The maximum atomic E-state index is 11.2. The fourth-order valence-corrected chi connectivity index (χ4v) is 2.56. The van der Waals surface area contributed by atoms with Gasteiger partial charge in [0, 0.05) is 0 Å². The largest absolute Gasteiger partial charge is 0.485 e. The van der Waals surface area contributed by atoms with Crippen LogP contribution in [0.2, 0.25) is 0 Å². The van der Waals surface area contributed by atoms with Gasteiger partial charge < -0.3 is 20.3 Å². The number of carboxylic acids is 1. The number of nitrogens with two attached hydrogens (primary N) is 1. The van der Waals surface area contributed by atoms with E-state index in [1.807, 2.05) is 60.7 Å². The Balaban J connectivity index is 1.80. The summed E-state index contributed by atoms with van der Waals surface area (Å²) in [6, 6.07) is 23.3. The molecule has 0 saturated heterocycles. The predicted octanol–water partition coefficient (Wildman–Crippen LogP) is 3.93. The van der Waals surface area contributed by atoms with E-state index in [2.05, 4.69) is 0 Å². The molecule has 3 N–H and O–H groups in total. The summed E-state index contributed by atoms with van der Waals surface area (Å²) in [7, 11) is 0. The van der Waals surface area contributed by atoms with Crippen molar-refractivity contribution in [1.82, 2.24) is 0 Å². The molecule has 1 atom stereocenters. The third-order valence-electron chi connectivity index (χ3n) is 4.07. The van der Waals surface area contributed by atoms with Gasteiger partial charge >= 0.3 is 5.97 Å². The third-order valence-corrected chi connectivity index (χ3v) is 4.07. The summed E-state index contributed by atoms with van der Waals surface area (Å²) < 4.78 is 11.8. The van der Waals surface area contributed by atoms with Crippen LogP contribution in [-0.2, 0) is 18.0 Å². The summed E-state index contributed by atoms with van der Waals surface area (Å²) in [5.74, 6) is -0.0953. The second-order valence-corrected chi connectivity index (χ2v) is 6.07. The fourth-order valence-electron chi connectivity index (χ4n) is 2.56. The lowest BCUT2D eigenvalue weighted by Crippen LogP contribution is -2.20. The van der Waals surface area contributed by atoms with E-state index in [4.69, 9.17) is 20.3 Å². The van der Waals surface area contributed by atoms with Crippen LogP contribution < -0.4 is 15.2 Å². The van der Waals surface area contributed by atoms with Gasteiger partial charge in [0.05, 0.1) is 0 Å². The van der Waals surface area contributed by atoms with Crippen LogP contribution >= 0.6 is 0 Å². The highest BCUT2D eigenvalue weighted by Crippen LogP contribution is 2.31. The highest BCUT2D eigenvalue weighted by molar-refractivity contribution is 5.75. The molecule has 0 fully saturated rings. The minimum Gasteiger partial charge on any atom is -0.485 e. The standard InChI is InChI=1S/C22H21NO4/c23-21(22(24)25)18-11-12-19(26-14-16-7-3-1-4-8-16)20(13-18)27-15-17-9-5-2-6-10-17/h1-13,21H,14-15,23H2,(H,24,25)/t21-/m1/s1. The lowest BCUT2D eigenvalue weighted by atomic mass is 10.1. The number of hydrogen-bond donors (Lipinski definition) is 2. The first-order valence-electron chi connectivity index (χ1n) is 8.59. The van der Waals surface area contributed by atoms with Gasteiger partial charge in [-0.1, -0.05) is 66.7 Å². The average molecular weight is 363 g/mol. The van der Waals surface area contributed by atoms with E-state index < -0.39 is 12.0 Å². The van der Waals surface area contributed by atoms with Crippen LogP contribution in [0.15, 0.2) is 78.9 Å². The van der Waals surface area contributed by atoms with Crippen LogP contribution in [0.4, 0.5) is 0 Å². The van der Waals surface area contributed by atoms with Crippen molar-refractivity contribution in [3.8, 4) is 11.5 Å². The monoisotopic (exact) mass is 363 g/mol. The van der Waals surface area contributed by atoms with Gasteiger partial charge in [-0.3, -0.25) is 4.79 Å². The molecule has 3 aromatic rings. The summed E-state index contributed by atoms with van der Waals surface area (Å²) in [6.45, 7) is 0.723. The summed E-state index contributed by atoms with van der Waals surface area (Å²) >= 11 is 0. The van der Waals surface area contributed by atoms with E-state index in [0.29, 0.717) is 30.3 Å². The van der Waals surface area contributed by atoms with Gasteiger partial charge in [-0.2, -0.15) is 0 Å². The first-order valence-corrected chi connectivity index (χ1v) is 8.59. The van der Waals surface area contributed by atoms with Gasteiger partial charge in [0.2, 0.25) is 0 Å². The van der Waals surface area contributed by atoms with Gasteiger partial charge in [-0.05, 0) is 28.8 Å². The van der Waals surface area contributed by atoms with Crippen molar-refractivity contribution in [2.75, 3.05) is 0 Å². The number of carbonyl (C=O) groups is 1. The van der Waals surface area contributed by atoms with Crippen molar-refractivity contribution < 1.29 is 19.4 Å². The Kier molecular flexibility index (Phi) is 6.07. The Hall–Kier alpha value is -3.31. The molecular formula is C22H21NO4. The van der Waals surface area contributed by atoms with E-state index in [9.17, 15) is 4.79 Å². The number of rotatable bonds is 8. The van der Waals surface area contributed by atoms with E-state index in [1.54, 1.807) is 18.2 Å². The van der Waals surface area contributed by atoms with Crippen molar-refractivity contribution in [3.63, 3.8) is 0 Å². The Morgan fingerprint density at radius 2 is 1.33 bits per heavy atom. The van der Waals surface area contributed by atoms with Crippen molar-refractivity contribution in [2.45, 2.75) is 19.3 Å². The molecule has 0 aliphatic carbocycles. The first-order chi connectivity index (χ1) is 13.1. The molecule has 5 nitrogen and oxygen atoms in total. The highest BCUT2D eigenvalue weighted by Gasteiger charge is 2.17. The topological polar surface area (TPSA) is 81.8 Å². The molecule has 5 heteroatoms. The molecule has 0 aliphatic heterocycles. The van der Waals surface area contributed by atoms with Crippen LogP contribution in [-0.4, -0.2) is 11.1 Å². The predicted molar refractivity (Wildman–Crippen MR) is 103 cm³/mol. The smallest absolute Gasteiger partial charge is 0.325 e. The van der Waals surface area contributed by atoms with Crippen LogP contribution in [0.1, 0.15) is 22.7 Å². The maximum absolute atomic E-state index is 11.2. The molecule has 0 aliphatic rings. The summed E-state index contributed by atoms with van der Waals surface area (Å²) in [4.78, 5) is 11.2. The Bertz CT molecular complexity index is 881. The van der Waals surface area contributed by atoms with E-state index in [-0.39, 0.29) is 0 Å². The lowest BCUT2D eigenvalue weighted by Gasteiger charge is -2.16. The second kappa shape index (κ2) is 8.87. The van der Waals surface area contributed by atoms with Gasteiger partial charge in [-0.25, -0.2) is 0 Å². The quantitative estimate of drug-likeness (QED) is 0.634. The molecule has 0 heterocycles. The molecule has 0 bridgehead atoms. The number of carboxylic acid groups (broad SMARTS) is 1. The maximum Gasteiger partial charge on any atom is 0.325 e. The summed E-state index contributed by atoms with van der Waals surface area (Å²) in [5.41, 5.74) is 8.21. The summed E-state index contributed by atoms with van der Waals surface area (Å²) in [5, 5.41) is 9.16. The molecule has 138 valence electrons. The SMILES string of the molecule is N[C@@H](C(=O)O)c1ccc(OCc2ccccc2)c(OCc2ccccc2)c1. The molecular weight excluding hydrogens is 342 g/mol. The Labute approximate surface area is 158 Å². The second-order valence-electron chi connectivity index (χ2n) is 6.07. The number of aliphatic carboxylic acids is 1. The number of hydrogen-bond acceptors (Lipinski definition) is 4. The zero-order chi connectivity index (χ0) is 19.1. The van der Waals surface area contributed by atoms with Crippen molar-refractivity contribution in [1.29, 1.82) is 0 Å². The minimum atomic E-state index is -1.12. The van der Waals surface area contributed by atoms with Crippen molar-refractivity contribution in [3.05, 3.63) is 95.6 Å². The number of ether oxygens (including phenoxy) is 2. The molecule has 0 unspecified atom stereocenters. The van der Waals surface area contributed by atoms with Crippen molar-refractivity contribution >= 4 is 5.97 Å². The Morgan fingerprint density at radius 3 is 1.85 bits per heavy atom. The molecule has 0 amide bonds. The van der Waals surface area contributed by atoms with Crippen LogP contribution in [0.25, 0.3) is 0 Å².